The summed E-state index contributed by atoms with van der Waals surface area (Å²) >= 11 is 0. The van der Waals surface area contributed by atoms with Gasteiger partial charge < -0.3 is 4.57 Å². The van der Waals surface area contributed by atoms with Crippen molar-refractivity contribution in [1.82, 2.24) is 19.5 Å². The number of imidazole rings is 1. The van der Waals surface area contributed by atoms with Crippen LogP contribution in [0.5, 0.6) is 0 Å². The lowest BCUT2D eigenvalue weighted by molar-refractivity contribution is 0.753. The lowest BCUT2D eigenvalue weighted by Gasteiger charge is -2.05. The number of aromatic nitrogens is 4. The Hall–Kier alpha value is -1.71. The van der Waals surface area contributed by atoms with Gasteiger partial charge in [0.25, 0.3) is 0 Å². The van der Waals surface area contributed by atoms with Crippen LogP contribution in [0.15, 0.2) is 31.0 Å². The molecular weight excluding hydrogens is 164 g/mol. The van der Waals surface area contributed by atoms with E-state index in [0.717, 1.165) is 17.8 Å². The van der Waals surface area contributed by atoms with E-state index in [1.165, 1.54) is 6.33 Å². The number of hydrogen-bond donors (Lipinski definition) is 0. The molecule has 0 saturated heterocycles. The van der Waals surface area contributed by atoms with E-state index < -0.39 is 0 Å². The Morgan fingerprint density at radius 3 is 3.08 bits per heavy atom. The summed E-state index contributed by atoms with van der Waals surface area (Å²) in [7, 11) is 0. The van der Waals surface area contributed by atoms with Crippen molar-refractivity contribution >= 4 is 0 Å². The highest BCUT2D eigenvalue weighted by Crippen LogP contribution is 2.11. The van der Waals surface area contributed by atoms with Gasteiger partial charge in [-0.2, -0.15) is 0 Å². The Morgan fingerprint density at radius 1 is 1.46 bits per heavy atom. The van der Waals surface area contributed by atoms with Crippen LogP contribution in [0.25, 0.3) is 11.5 Å². The quantitative estimate of drug-likeness (QED) is 0.645. The molecule has 2 aliphatic rings. The summed E-state index contributed by atoms with van der Waals surface area (Å²) in [6.07, 6.45) is 5.18. The fourth-order valence-corrected chi connectivity index (χ4v) is 1.18. The summed E-state index contributed by atoms with van der Waals surface area (Å²) in [5, 5.41) is 0. The van der Waals surface area contributed by atoms with Crippen LogP contribution in [0.4, 0.5) is 0 Å². The van der Waals surface area contributed by atoms with Crippen LogP contribution in [0, 0.1) is 0 Å². The van der Waals surface area contributed by atoms with E-state index in [1.807, 2.05) is 17.7 Å². The van der Waals surface area contributed by atoms with Crippen LogP contribution < -0.4 is 0 Å². The van der Waals surface area contributed by atoms with E-state index in [1.54, 1.807) is 6.33 Å². The molecule has 0 aromatic rings. The first-order valence-electron chi connectivity index (χ1n) is 4.02. The van der Waals surface area contributed by atoms with Crippen molar-refractivity contribution in [3.8, 4) is 11.5 Å². The monoisotopic (exact) mass is 174 g/mol. The van der Waals surface area contributed by atoms with Gasteiger partial charge in [0.15, 0.2) is 5.82 Å². The highest BCUT2D eigenvalue weighted by atomic mass is 15.1. The van der Waals surface area contributed by atoms with E-state index in [0.29, 0.717) is 5.82 Å². The van der Waals surface area contributed by atoms with Crippen LogP contribution in [0.3, 0.4) is 0 Å². The number of fused-ring (bicyclic) bond motifs is 1. The standard InChI is InChI=1S/C9H10N4/c1-7(2)3-13-4-8-9(12-6-13)11-5-10-8/h4-6H,1,3H2,2H3. The normalized spacial score (nSPS) is 10.5. The summed E-state index contributed by atoms with van der Waals surface area (Å²) in [5.74, 6) is 0.693. The summed E-state index contributed by atoms with van der Waals surface area (Å²) in [4.78, 5) is 12.2. The summed E-state index contributed by atoms with van der Waals surface area (Å²) in [6.45, 7) is 6.59. The minimum Gasteiger partial charge on any atom is -0.333 e. The highest BCUT2D eigenvalue weighted by molar-refractivity contribution is 5.47. The maximum absolute atomic E-state index is 4.14. The molecule has 13 heavy (non-hydrogen) atoms. The number of rotatable bonds is 2. The van der Waals surface area contributed by atoms with Gasteiger partial charge in [-0.05, 0) is 6.92 Å². The molecule has 0 atom stereocenters. The van der Waals surface area contributed by atoms with Crippen LogP contribution in [0.1, 0.15) is 6.92 Å². The molecule has 0 aromatic heterocycles. The van der Waals surface area contributed by atoms with Crippen molar-refractivity contribution in [2.45, 2.75) is 13.5 Å². The molecule has 0 fully saturated rings. The largest absolute Gasteiger partial charge is 0.333 e. The van der Waals surface area contributed by atoms with Gasteiger partial charge >= 0.3 is 0 Å². The fraction of sp³-hybridized carbons (Fsp3) is 0.222. The van der Waals surface area contributed by atoms with Gasteiger partial charge in [-0.25, -0.2) is 15.0 Å². The lowest BCUT2D eigenvalue weighted by Crippen LogP contribution is -2.02. The Balaban J connectivity index is 2.38. The zero-order valence-corrected chi connectivity index (χ0v) is 7.44. The summed E-state index contributed by atoms with van der Waals surface area (Å²) in [5.41, 5.74) is 1.91. The van der Waals surface area contributed by atoms with Crippen LogP contribution in [-0.4, -0.2) is 19.5 Å². The second kappa shape index (κ2) is 2.97. The lowest BCUT2D eigenvalue weighted by atomic mass is 10.3. The molecule has 0 aromatic carbocycles. The first-order chi connectivity index (χ1) is 6.25. The van der Waals surface area contributed by atoms with Gasteiger partial charge in [-0.15, -0.1) is 0 Å². The third kappa shape index (κ3) is 1.56. The van der Waals surface area contributed by atoms with E-state index in [4.69, 9.17) is 0 Å². The van der Waals surface area contributed by atoms with Crippen LogP contribution in [0.2, 0.25) is 0 Å². The van der Waals surface area contributed by atoms with Gasteiger partial charge in [0.1, 0.15) is 12.0 Å². The average Bonchev–Trinajstić information content (AvgIpc) is 2.49. The maximum atomic E-state index is 4.14. The van der Waals surface area contributed by atoms with Gasteiger partial charge in [0.05, 0.1) is 6.33 Å². The second-order valence-electron chi connectivity index (χ2n) is 3.09. The molecule has 0 bridgehead atoms. The molecule has 2 aliphatic heterocycles. The summed E-state index contributed by atoms with van der Waals surface area (Å²) < 4.78 is 1.94. The van der Waals surface area contributed by atoms with Crippen LogP contribution >= 0.6 is 0 Å². The van der Waals surface area contributed by atoms with Crippen LogP contribution in [-0.2, 0) is 6.54 Å². The molecule has 0 aliphatic carbocycles. The Bertz CT molecular complexity index is 404. The molecule has 0 saturated carbocycles. The molecule has 0 radical (unpaired) electrons. The molecule has 2 rings (SSSR count). The van der Waals surface area contributed by atoms with Gasteiger partial charge in [0, 0.05) is 12.7 Å². The molecule has 0 unspecified atom stereocenters. The predicted octanol–water partition coefficient (Wildman–Crippen LogP) is 1.35. The van der Waals surface area contributed by atoms with E-state index in [9.17, 15) is 0 Å². The van der Waals surface area contributed by atoms with Gasteiger partial charge in [-0.1, -0.05) is 12.2 Å². The summed E-state index contributed by atoms with van der Waals surface area (Å²) in [6, 6.07) is 0. The van der Waals surface area contributed by atoms with E-state index in [-0.39, 0.29) is 0 Å². The smallest absolute Gasteiger partial charge is 0.182 e. The first-order valence-corrected chi connectivity index (χ1v) is 4.02. The molecule has 66 valence electrons. The molecule has 0 amide bonds. The Labute approximate surface area is 76.3 Å². The van der Waals surface area contributed by atoms with Gasteiger partial charge in [0.2, 0.25) is 0 Å². The molecular formula is C9H10N4. The highest BCUT2D eigenvalue weighted by Gasteiger charge is 2.05. The van der Waals surface area contributed by atoms with E-state index in [2.05, 4.69) is 21.5 Å². The fourth-order valence-electron chi connectivity index (χ4n) is 1.18. The Morgan fingerprint density at radius 2 is 2.31 bits per heavy atom. The number of hydrogen-bond acceptors (Lipinski definition) is 3. The second-order valence-corrected chi connectivity index (χ2v) is 3.09. The van der Waals surface area contributed by atoms with E-state index >= 15 is 0 Å². The third-order valence-corrected chi connectivity index (χ3v) is 1.67. The molecule has 4 nitrogen and oxygen atoms in total. The van der Waals surface area contributed by atoms with Crippen molar-refractivity contribution in [3.05, 3.63) is 31.0 Å². The number of allylic oxidation sites excluding steroid dienone is 1. The predicted molar refractivity (Wildman–Crippen MR) is 49.3 cm³/mol. The SMILES string of the molecule is C=C(C)Cn1cnc2ncnc-2c1. The minimum atomic E-state index is 0.693. The third-order valence-electron chi connectivity index (χ3n) is 1.67. The zero-order valence-electron chi connectivity index (χ0n) is 7.44. The molecule has 2 heterocycles. The van der Waals surface area contributed by atoms with Crippen molar-refractivity contribution in [1.29, 1.82) is 0 Å². The molecule has 0 N–H and O–H groups in total. The number of nitrogens with zero attached hydrogens (tertiary/aromatic N) is 4. The molecule has 0 spiro atoms. The molecule has 4 heteroatoms. The van der Waals surface area contributed by atoms with Crippen molar-refractivity contribution in [3.63, 3.8) is 0 Å². The topological polar surface area (TPSA) is 43.6 Å². The van der Waals surface area contributed by atoms with Gasteiger partial charge in [-0.3, -0.25) is 0 Å². The first kappa shape index (κ1) is 7.91. The minimum absolute atomic E-state index is 0.693. The Kier molecular flexibility index (Phi) is 1.81. The average molecular weight is 174 g/mol. The van der Waals surface area contributed by atoms with Crippen molar-refractivity contribution < 1.29 is 0 Å². The zero-order chi connectivity index (χ0) is 9.26. The van der Waals surface area contributed by atoms with Crippen molar-refractivity contribution in [2.75, 3.05) is 0 Å². The maximum Gasteiger partial charge on any atom is 0.182 e. The van der Waals surface area contributed by atoms with Crippen molar-refractivity contribution in [2.24, 2.45) is 0 Å².